The Morgan fingerprint density at radius 1 is 1.36 bits per heavy atom. The van der Waals surface area contributed by atoms with Crippen LogP contribution in [0.2, 0.25) is 0 Å². The summed E-state index contributed by atoms with van der Waals surface area (Å²) in [5, 5.41) is 14.8. The number of nitrogens with zero attached hydrogens (tertiary/aromatic N) is 4. The molecule has 10 heteroatoms. The minimum absolute atomic E-state index is 0.00250. The number of nitriles is 1. The summed E-state index contributed by atoms with van der Waals surface area (Å²) in [4.78, 5) is 9.04. The first-order valence-corrected chi connectivity index (χ1v) is 8.73. The number of halogens is 3. The zero-order chi connectivity index (χ0) is 18.0. The molecule has 0 bridgehead atoms. The minimum Gasteiger partial charge on any atom is -0.333 e. The van der Waals surface area contributed by atoms with E-state index in [1.807, 2.05) is 17.5 Å². The highest BCUT2D eigenvalue weighted by Crippen LogP contribution is 2.36. The van der Waals surface area contributed by atoms with Gasteiger partial charge in [0.05, 0.1) is 21.8 Å². The molecule has 5 nitrogen and oxygen atoms in total. The lowest BCUT2D eigenvalue weighted by molar-refractivity contribution is -0.138. The highest BCUT2D eigenvalue weighted by molar-refractivity contribution is 7.98. The van der Waals surface area contributed by atoms with Crippen molar-refractivity contribution in [1.82, 2.24) is 15.1 Å². The predicted molar refractivity (Wildman–Crippen MR) is 85.9 cm³/mol. The summed E-state index contributed by atoms with van der Waals surface area (Å²) in [5.41, 5.74) is -1.30. The van der Waals surface area contributed by atoms with Crippen molar-refractivity contribution in [3.63, 3.8) is 0 Å². The van der Waals surface area contributed by atoms with Crippen molar-refractivity contribution >= 4 is 23.1 Å². The zero-order valence-corrected chi connectivity index (χ0v) is 14.3. The Morgan fingerprint density at radius 3 is 2.80 bits per heavy atom. The van der Waals surface area contributed by atoms with E-state index in [9.17, 15) is 13.2 Å². The molecule has 0 aromatic carbocycles. The second kappa shape index (κ2) is 6.85. The molecule has 128 valence electrons. The fraction of sp³-hybridized carbons (Fsp3) is 0.200. The minimum atomic E-state index is -4.62. The van der Waals surface area contributed by atoms with Crippen LogP contribution in [-0.2, 0) is 11.9 Å². The molecular formula is C15H9F3N4OS2. The Balaban J connectivity index is 1.84. The SMILES string of the molecule is Cc1cc(C(F)(F)F)c(C#N)c(SCc2noc(-c3cccs3)n2)n1. The molecule has 3 heterocycles. The number of pyridine rings is 1. The van der Waals surface area contributed by atoms with Crippen LogP contribution in [0.5, 0.6) is 0 Å². The van der Waals surface area contributed by atoms with Crippen molar-refractivity contribution in [2.75, 3.05) is 0 Å². The second-order valence-electron chi connectivity index (χ2n) is 4.88. The molecule has 0 aliphatic rings. The Bertz CT molecular complexity index is 929. The fourth-order valence-corrected chi connectivity index (χ4v) is 3.56. The highest BCUT2D eigenvalue weighted by atomic mass is 32.2. The lowest BCUT2D eigenvalue weighted by atomic mass is 10.1. The summed E-state index contributed by atoms with van der Waals surface area (Å²) in [7, 11) is 0. The van der Waals surface area contributed by atoms with E-state index in [0.717, 1.165) is 22.7 Å². The van der Waals surface area contributed by atoms with Gasteiger partial charge in [0.25, 0.3) is 5.89 Å². The van der Waals surface area contributed by atoms with E-state index in [2.05, 4.69) is 15.1 Å². The number of hydrogen-bond acceptors (Lipinski definition) is 7. The van der Waals surface area contributed by atoms with Gasteiger partial charge in [-0.1, -0.05) is 23.0 Å². The number of aryl methyl sites for hydroxylation is 1. The summed E-state index contributed by atoms with van der Waals surface area (Å²) in [6.45, 7) is 1.45. The van der Waals surface area contributed by atoms with Gasteiger partial charge in [0.1, 0.15) is 11.1 Å². The van der Waals surface area contributed by atoms with Crippen LogP contribution in [0, 0.1) is 18.3 Å². The van der Waals surface area contributed by atoms with Crippen molar-refractivity contribution in [3.8, 4) is 16.8 Å². The maximum absolute atomic E-state index is 13.1. The molecule has 0 amide bonds. The summed E-state index contributed by atoms with van der Waals surface area (Å²) < 4.78 is 44.4. The number of alkyl halides is 3. The molecule has 3 rings (SSSR count). The van der Waals surface area contributed by atoms with Gasteiger partial charge < -0.3 is 4.52 Å². The van der Waals surface area contributed by atoms with E-state index in [-0.39, 0.29) is 16.5 Å². The molecule has 0 atom stereocenters. The van der Waals surface area contributed by atoms with Gasteiger partial charge in [0.15, 0.2) is 5.82 Å². The normalized spacial score (nSPS) is 11.5. The molecule has 0 spiro atoms. The first kappa shape index (κ1) is 17.4. The molecule has 0 radical (unpaired) electrons. The van der Waals surface area contributed by atoms with Gasteiger partial charge in [-0.15, -0.1) is 11.3 Å². The zero-order valence-electron chi connectivity index (χ0n) is 12.7. The van der Waals surface area contributed by atoms with Crippen molar-refractivity contribution in [3.05, 3.63) is 46.2 Å². The van der Waals surface area contributed by atoms with Gasteiger partial charge in [-0.25, -0.2) is 4.98 Å². The fourth-order valence-electron chi connectivity index (χ4n) is 2.03. The van der Waals surface area contributed by atoms with E-state index >= 15 is 0 Å². The highest BCUT2D eigenvalue weighted by Gasteiger charge is 2.35. The van der Waals surface area contributed by atoms with Crippen molar-refractivity contribution < 1.29 is 17.7 Å². The van der Waals surface area contributed by atoms with Crippen LogP contribution in [0.3, 0.4) is 0 Å². The van der Waals surface area contributed by atoms with Crippen LogP contribution in [0.4, 0.5) is 13.2 Å². The molecule has 3 aromatic heterocycles. The summed E-state index contributed by atoms with van der Waals surface area (Å²) >= 11 is 2.40. The van der Waals surface area contributed by atoms with Crippen LogP contribution in [0.25, 0.3) is 10.8 Å². The third kappa shape index (κ3) is 3.83. The molecule has 0 fully saturated rings. The summed E-state index contributed by atoms with van der Waals surface area (Å²) in [6, 6.07) is 6.12. The van der Waals surface area contributed by atoms with Crippen LogP contribution in [0.15, 0.2) is 33.1 Å². The van der Waals surface area contributed by atoms with Crippen molar-refractivity contribution in [1.29, 1.82) is 5.26 Å². The van der Waals surface area contributed by atoms with Gasteiger partial charge >= 0.3 is 6.18 Å². The number of aromatic nitrogens is 3. The molecule has 0 N–H and O–H groups in total. The van der Waals surface area contributed by atoms with E-state index in [0.29, 0.717) is 11.7 Å². The molecular weight excluding hydrogens is 373 g/mol. The van der Waals surface area contributed by atoms with E-state index in [4.69, 9.17) is 9.78 Å². The van der Waals surface area contributed by atoms with Gasteiger partial charge in [-0.3, -0.25) is 0 Å². The number of hydrogen-bond donors (Lipinski definition) is 0. The average molecular weight is 382 g/mol. The van der Waals surface area contributed by atoms with Gasteiger partial charge in [0.2, 0.25) is 0 Å². The first-order valence-electron chi connectivity index (χ1n) is 6.86. The number of thiophene rings is 1. The molecule has 3 aromatic rings. The first-order chi connectivity index (χ1) is 11.9. The summed E-state index contributed by atoms with van der Waals surface area (Å²) in [5.74, 6) is 0.797. The van der Waals surface area contributed by atoms with Crippen molar-refractivity contribution in [2.45, 2.75) is 23.9 Å². The lowest BCUT2D eigenvalue weighted by Gasteiger charge is -2.12. The lowest BCUT2D eigenvalue weighted by Crippen LogP contribution is -2.10. The van der Waals surface area contributed by atoms with E-state index in [1.165, 1.54) is 18.3 Å². The Hall–Kier alpha value is -2.38. The molecule has 25 heavy (non-hydrogen) atoms. The average Bonchev–Trinajstić information content (AvgIpc) is 3.22. The van der Waals surface area contributed by atoms with Crippen LogP contribution >= 0.6 is 23.1 Å². The largest absolute Gasteiger partial charge is 0.417 e. The van der Waals surface area contributed by atoms with Gasteiger partial charge in [-0.2, -0.15) is 23.4 Å². The van der Waals surface area contributed by atoms with Crippen molar-refractivity contribution in [2.24, 2.45) is 0 Å². The van der Waals surface area contributed by atoms with Crippen LogP contribution < -0.4 is 0 Å². The number of thioether (sulfide) groups is 1. The second-order valence-corrected chi connectivity index (χ2v) is 6.79. The maximum atomic E-state index is 13.1. The summed E-state index contributed by atoms with van der Waals surface area (Å²) in [6.07, 6.45) is -4.62. The van der Waals surface area contributed by atoms with Crippen LogP contribution in [0.1, 0.15) is 22.6 Å². The molecule has 0 saturated carbocycles. The predicted octanol–water partition coefficient (Wildman–Crippen LogP) is 4.68. The molecule has 0 unspecified atom stereocenters. The number of rotatable bonds is 4. The standard InChI is InChI=1S/C15H9F3N4OS2/c1-8-5-10(15(16,17)18)9(6-19)14(20-8)25-7-12-21-13(23-22-12)11-3-2-4-24-11/h2-5H,7H2,1H3. The van der Waals surface area contributed by atoms with Gasteiger partial charge in [-0.05, 0) is 24.4 Å². The Labute approximate surface area is 148 Å². The third-order valence-corrected chi connectivity index (χ3v) is 4.90. The monoisotopic (exact) mass is 382 g/mol. The topological polar surface area (TPSA) is 75.6 Å². The van der Waals surface area contributed by atoms with Gasteiger partial charge in [0, 0.05) is 5.69 Å². The van der Waals surface area contributed by atoms with Crippen LogP contribution in [-0.4, -0.2) is 15.1 Å². The molecule has 0 aliphatic heterocycles. The molecule has 0 saturated heterocycles. The van der Waals surface area contributed by atoms with E-state index in [1.54, 1.807) is 6.07 Å². The Morgan fingerprint density at radius 2 is 2.16 bits per heavy atom. The third-order valence-electron chi connectivity index (χ3n) is 3.07. The van der Waals surface area contributed by atoms with E-state index < -0.39 is 17.3 Å². The Kier molecular flexibility index (Phi) is 4.78. The smallest absolute Gasteiger partial charge is 0.333 e. The maximum Gasteiger partial charge on any atom is 0.417 e. The quantitative estimate of drug-likeness (QED) is 0.610. The molecule has 0 aliphatic carbocycles.